The normalized spacial score (nSPS) is 65.7. The van der Waals surface area contributed by atoms with Crippen LogP contribution in [0.4, 0.5) is 0 Å². The maximum atomic E-state index is 2.63. The lowest BCUT2D eigenvalue weighted by Crippen LogP contribution is -2.47. The van der Waals surface area contributed by atoms with Crippen LogP contribution in [-0.2, 0) is 0 Å². The second kappa shape index (κ2) is 3.98. The predicted octanol–water partition coefficient (Wildman–Crippen LogP) is 5.15. The molecule has 0 aromatic rings. The van der Waals surface area contributed by atoms with Gasteiger partial charge in [0.2, 0.25) is 0 Å². The van der Waals surface area contributed by atoms with E-state index >= 15 is 0 Å². The van der Waals surface area contributed by atoms with Crippen molar-refractivity contribution in [1.29, 1.82) is 0 Å². The van der Waals surface area contributed by atoms with Crippen LogP contribution >= 0.6 is 0 Å². The summed E-state index contributed by atoms with van der Waals surface area (Å²) in [5.74, 6) is 12.3. The van der Waals surface area contributed by atoms with Crippen LogP contribution in [0.2, 0.25) is 0 Å². The van der Waals surface area contributed by atoms with Gasteiger partial charge in [0.15, 0.2) is 0 Å². The standard InChI is InChI=1S/C21H30/c1-2-13-20-12-7-6-11(8-12)16(20)9-19-17-10-18(21(13)19)15-5-3-4-14(15)17/h6-7,11-21H,2-5,8-10H2,1H3. The van der Waals surface area contributed by atoms with Crippen molar-refractivity contribution >= 4 is 0 Å². The summed E-state index contributed by atoms with van der Waals surface area (Å²) >= 11 is 0. The van der Waals surface area contributed by atoms with Gasteiger partial charge >= 0.3 is 0 Å². The first-order chi connectivity index (χ1) is 10.4. The molecule has 114 valence electrons. The summed E-state index contributed by atoms with van der Waals surface area (Å²) in [5.41, 5.74) is 0. The summed E-state index contributed by atoms with van der Waals surface area (Å²) in [6, 6.07) is 0. The van der Waals surface area contributed by atoms with Crippen LogP contribution < -0.4 is 0 Å². The Kier molecular flexibility index (Phi) is 2.31. The van der Waals surface area contributed by atoms with E-state index in [9.17, 15) is 0 Å². The molecule has 0 aromatic heterocycles. The van der Waals surface area contributed by atoms with Gasteiger partial charge in [-0.3, -0.25) is 0 Å². The van der Waals surface area contributed by atoms with Crippen LogP contribution in [-0.4, -0.2) is 0 Å². The molecule has 0 heteroatoms. The zero-order valence-corrected chi connectivity index (χ0v) is 13.5. The van der Waals surface area contributed by atoms with Gasteiger partial charge < -0.3 is 0 Å². The van der Waals surface area contributed by atoms with Gasteiger partial charge in [0.25, 0.3) is 0 Å². The molecule has 6 aliphatic carbocycles. The highest BCUT2D eigenvalue weighted by atomic mass is 14.7. The Bertz CT molecular complexity index is 490. The average molecular weight is 282 g/mol. The molecule has 21 heavy (non-hydrogen) atoms. The largest absolute Gasteiger partial charge is 0.0848 e. The first-order valence-electron chi connectivity index (χ1n) is 10.0. The Morgan fingerprint density at radius 1 is 0.714 bits per heavy atom. The lowest BCUT2D eigenvalue weighted by molar-refractivity contribution is -0.0345. The molecule has 11 atom stereocenters. The third-order valence-corrected chi connectivity index (χ3v) is 9.50. The molecule has 6 aliphatic rings. The Labute approximate surface area is 129 Å². The maximum absolute atomic E-state index is 2.63. The molecule has 5 saturated carbocycles. The molecule has 0 saturated heterocycles. The molecule has 0 spiro atoms. The van der Waals surface area contributed by atoms with Gasteiger partial charge in [0.05, 0.1) is 0 Å². The molecule has 0 nitrogen and oxygen atoms in total. The molecular weight excluding hydrogens is 252 g/mol. The third-order valence-electron chi connectivity index (χ3n) is 9.50. The minimum absolute atomic E-state index is 0.990. The van der Waals surface area contributed by atoms with E-state index in [1.807, 2.05) is 0 Å². The monoisotopic (exact) mass is 282 g/mol. The van der Waals surface area contributed by atoms with E-state index in [2.05, 4.69) is 19.1 Å². The second-order valence-corrected chi connectivity index (χ2v) is 9.56. The molecule has 0 N–H and O–H groups in total. The van der Waals surface area contributed by atoms with Crippen molar-refractivity contribution in [3.05, 3.63) is 12.2 Å². The Morgan fingerprint density at radius 2 is 1.43 bits per heavy atom. The topological polar surface area (TPSA) is 0 Å². The second-order valence-electron chi connectivity index (χ2n) is 9.56. The highest BCUT2D eigenvalue weighted by molar-refractivity contribution is 5.20. The predicted molar refractivity (Wildman–Crippen MR) is 85.5 cm³/mol. The van der Waals surface area contributed by atoms with Gasteiger partial charge in [-0.1, -0.05) is 31.9 Å². The number of allylic oxidation sites excluding steroid dienone is 2. The highest BCUT2D eigenvalue weighted by Crippen LogP contribution is 2.72. The van der Waals surface area contributed by atoms with E-state index in [1.165, 1.54) is 36.5 Å². The van der Waals surface area contributed by atoms with Crippen molar-refractivity contribution < 1.29 is 0 Å². The molecule has 0 heterocycles. The van der Waals surface area contributed by atoms with Gasteiger partial charge in [0.1, 0.15) is 0 Å². The minimum Gasteiger partial charge on any atom is -0.0848 e. The lowest BCUT2D eigenvalue weighted by atomic mass is 9.52. The van der Waals surface area contributed by atoms with Crippen LogP contribution in [0.5, 0.6) is 0 Å². The molecule has 4 bridgehead atoms. The van der Waals surface area contributed by atoms with E-state index < -0.39 is 0 Å². The first kappa shape index (κ1) is 12.2. The van der Waals surface area contributed by atoms with E-state index in [4.69, 9.17) is 0 Å². The van der Waals surface area contributed by atoms with E-state index in [0.29, 0.717) is 0 Å². The fourth-order valence-corrected chi connectivity index (χ4v) is 9.29. The van der Waals surface area contributed by atoms with Crippen molar-refractivity contribution in [3.63, 3.8) is 0 Å². The van der Waals surface area contributed by atoms with Crippen molar-refractivity contribution in [2.45, 2.75) is 51.9 Å². The van der Waals surface area contributed by atoms with Gasteiger partial charge in [0, 0.05) is 0 Å². The van der Waals surface area contributed by atoms with Gasteiger partial charge in [-0.2, -0.15) is 0 Å². The maximum Gasteiger partial charge on any atom is -0.0194 e. The van der Waals surface area contributed by atoms with Crippen molar-refractivity contribution in [3.8, 4) is 0 Å². The minimum atomic E-state index is 0.990. The number of fused-ring (bicyclic) bond motifs is 13. The van der Waals surface area contributed by atoms with Crippen LogP contribution in [0.1, 0.15) is 51.9 Å². The van der Waals surface area contributed by atoms with E-state index in [-0.39, 0.29) is 0 Å². The molecule has 0 radical (unpaired) electrons. The fraction of sp³-hybridized carbons (Fsp3) is 0.905. The van der Waals surface area contributed by atoms with E-state index in [1.54, 1.807) is 32.1 Å². The van der Waals surface area contributed by atoms with Gasteiger partial charge in [-0.05, 0) is 97.2 Å². The highest BCUT2D eigenvalue weighted by Gasteiger charge is 2.65. The Morgan fingerprint density at radius 3 is 2.29 bits per heavy atom. The Balaban J connectivity index is 1.41. The van der Waals surface area contributed by atoms with Gasteiger partial charge in [-0.25, -0.2) is 0 Å². The Hall–Kier alpha value is -0.260. The first-order valence-corrected chi connectivity index (χ1v) is 10.0. The summed E-state index contributed by atoms with van der Waals surface area (Å²) in [5, 5.41) is 0. The number of hydrogen-bond donors (Lipinski definition) is 0. The molecule has 11 unspecified atom stereocenters. The molecule has 5 fully saturated rings. The molecule has 0 amide bonds. The molecule has 0 aromatic carbocycles. The SMILES string of the molecule is CCC1C2C3C=CC(C3)C2CC2C3CC(C4CCCC43)C21. The van der Waals surface area contributed by atoms with Crippen molar-refractivity contribution in [2.75, 3.05) is 0 Å². The lowest BCUT2D eigenvalue weighted by Gasteiger charge is -2.52. The fourth-order valence-electron chi connectivity index (χ4n) is 9.29. The quantitative estimate of drug-likeness (QED) is 0.583. The van der Waals surface area contributed by atoms with Crippen molar-refractivity contribution in [1.82, 2.24) is 0 Å². The zero-order chi connectivity index (χ0) is 13.7. The van der Waals surface area contributed by atoms with E-state index in [0.717, 1.165) is 41.4 Å². The molecule has 0 aliphatic heterocycles. The van der Waals surface area contributed by atoms with Crippen LogP contribution in [0.25, 0.3) is 0 Å². The van der Waals surface area contributed by atoms with Crippen LogP contribution in [0, 0.1) is 65.1 Å². The summed E-state index contributed by atoms with van der Waals surface area (Å²) in [4.78, 5) is 0. The average Bonchev–Trinajstić information content (AvgIpc) is 3.25. The van der Waals surface area contributed by atoms with Crippen molar-refractivity contribution in [2.24, 2.45) is 65.1 Å². The number of hydrogen-bond acceptors (Lipinski definition) is 0. The summed E-state index contributed by atoms with van der Waals surface area (Å²) < 4.78 is 0. The molecule has 6 rings (SSSR count). The summed E-state index contributed by atoms with van der Waals surface area (Å²) in [6.07, 6.45) is 16.3. The smallest absolute Gasteiger partial charge is 0.0194 e. The van der Waals surface area contributed by atoms with Gasteiger partial charge in [-0.15, -0.1) is 0 Å². The number of rotatable bonds is 1. The summed E-state index contributed by atoms with van der Waals surface area (Å²) in [7, 11) is 0. The third kappa shape index (κ3) is 1.31. The van der Waals surface area contributed by atoms with Crippen LogP contribution in [0.15, 0.2) is 12.2 Å². The zero-order valence-electron chi connectivity index (χ0n) is 13.5. The molecular formula is C21H30. The van der Waals surface area contributed by atoms with Crippen LogP contribution in [0.3, 0.4) is 0 Å². The summed E-state index contributed by atoms with van der Waals surface area (Å²) in [6.45, 7) is 2.53.